The quantitative estimate of drug-likeness (QED) is 0.272. The number of amides is 1. The van der Waals surface area contributed by atoms with Gasteiger partial charge < -0.3 is 5.32 Å². The van der Waals surface area contributed by atoms with E-state index >= 15 is 0 Å². The molecular formula is C23H23N5O3S2. The van der Waals surface area contributed by atoms with E-state index < -0.39 is 11.2 Å². The zero-order valence-electron chi connectivity index (χ0n) is 17.9. The number of rotatable bonds is 9. The van der Waals surface area contributed by atoms with Crippen molar-refractivity contribution in [2.24, 2.45) is 0 Å². The monoisotopic (exact) mass is 481 g/mol. The summed E-state index contributed by atoms with van der Waals surface area (Å²) in [6.07, 6.45) is 5.57. The normalized spacial score (nSPS) is 15.5. The molecule has 0 saturated heterocycles. The van der Waals surface area contributed by atoms with E-state index in [-0.39, 0.29) is 29.0 Å². The largest absolute Gasteiger partial charge is 0.330 e. The fraction of sp³-hybridized carbons (Fsp3) is 0.348. The number of anilines is 1. The van der Waals surface area contributed by atoms with Crippen LogP contribution in [0.3, 0.4) is 0 Å². The van der Waals surface area contributed by atoms with Crippen molar-refractivity contribution in [3.8, 4) is 0 Å². The molecule has 1 amide bonds. The van der Waals surface area contributed by atoms with E-state index in [1.165, 1.54) is 11.8 Å². The molecule has 0 bridgehead atoms. The Hall–Kier alpha value is -2.85. The first-order valence-electron chi connectivity index (χ1n) is 10.9. The molecule has 2 fully saturated rings. The average Bonchev–Trinajstić information content (AvgIpc) is 3.70. The smallest absolute Gasteiger partial charge is 0.324 e. The predicted octanol–water partition coefficient (Wildman–Crippen LogP) is 3.70. The predicted molar refractivity (Wildman–Crippen MR) is 131 cm³/mol. The molecule has 0 unspecified atom stereocenters. The molecule has 2 heterocycles. The highest BCUT2D eigenvalue weighted by molar-refractivity contribution is 8.00. The van der Waals surface area contributed by atoms with E-state index in [4.69, 9.17) is 0 Å². The van der Waals surface area contributed by atoms with Gasteiger partial charge in [0.2, 0.25) is 5.91 Å². The van der Waals surface area contributed by atoms with Gasteiger partial charge >= 0.3 is 5.69 Å². The Kier molecular flexibility index (Phi) is 6.11. The highest BCUT2D eigenvalue weighted by Gasteiger charge is 2.32. The fourth-order valence-electron chi connectivity index (χ4n) is 3.60. The maximum absolute atomic E-state index is 12.8. The van der Waals surface area contributed by atoms with Gasteiger partial charge in [0, 0.05) is 22.6 Å². The Balaban J connectivity index is 1.43. The lowest BCUT2D eigenvalue weighted by atomic mass is 10.3. The lowest BCUT2D eigenvalue weighted by Gasteiger charge is -2.12. The molecule has 2 aliphatic carbocycles. The molecule has 33 heavy (non-hydrogen) atoms. The van der Waals surface area contributed by atoms with Crippen LogP contribution in [0, 0.1) is 0 Å². The van der Waals surface area contributed by atoms with Gasteiger partial charge in [-0.3, -0.25) is 19.1 Å². The summed E-state index contributed by atoms with van der Waals surface area (Å²) in [5.41, 5.74) is 0.180. The third-order valence-electron chi connectivity index (χ3n) is 5.48. The van der Waals surface area contributed by atoms with Crippen LogP contribution in [0.25, 0.3) is 11.0 Å². The molecule has 5 rings (SSSR count). The molecule has 1 aromatic carbocycles. The van der Waals surface area contributed by atoms with E-state index in [0.717, 1.165) is 42.0 Å². The summed E-state index contributed by atoms with van der Waals surface area (Å²) in [4.78, 5) is 50.6. The summed E-state index contributed by atoms with van der Waals surface area (Å²) in [7, 11) is 0. The molecule has 2 saturated carbocycles. The van der Waals surface area contributed by atoms with Crippen LogP contribution in [0.5, 0.6) is 0 Å². The standard InChI is InChI=1S/C23H23N5O3S2/c1-2-11-32-16-6-4-3-5-15(16)24-17(29)12-33-22-18-20(25-19(26-22)13-7-8-13)28(14-9-10-14)23(31)27-21(18)30/h2-6,13-14H,1,7-12H2,(H,24,29)(H,27,30,31). The lowest BCUT2D eigenvalue weighted by Crippen LogP contribution is -2.31. The highest BCUT2D eigenvalue weighted by atomic mass is 32.2. The van der Waals surface area contributed by atoms with Crippen LogP contribution in [0.15, 0.2) is 56.4 Å². The summed E-state index contributed by atoms with van der Waals surface area (Å²) in [6.45, 7) is 3.74. The van der Waals surface area contributed by atoms with Gasteiger partial charge in [0.25, 0.3) is 5.56 Å². The first-order chi connectivity index (χ1) is 16.0. The van der Waals surface area contributed by atoms with Crippen LogP contribution < -0.4 is 16.6 Å². The van der Waals surface area contributed by atoms with Gasteiger partial charge in [-0.25, -0.2) is 14.8 Å². The Labute approximate surface area is 198 Å². The molecule has 10 heteroatoms. The van der Waals surface area contributed by atoms with Crippen molar-refractivity contribution < 1.29 is 4.79 Å². The van der Waals surface area contributed by atoms with Gasteiger partial charge in [-0.1, -0.05) is 30.0 Å². The number of thioether (sulfide) groups is 2. The molecule has 3 aromatic rings. The minimum absolute atomic E-state index is 0.0597. The van der Waals surface area contributed by atoms with Crippen LogP contribution in [0.2, 0.25) is 0 Å². The highest BCUT2D eigenvalue weighted by Crippen LogP contribution is 2.41. The number of fused-ring (bicyclic) bond motifs is 1. The van der Waals surface area contributed by atoms with Gasteiger partial charge in [-0.2, -0.15) is 0 Å². The van der Waals surface area contributed by atoms with Crippen molar-refractivity contribution in [2.45, 2.75) is 47.6 Å². The SMILES string of the molecule is C=CCSc1ccccc1NC(=O)CSc1nc(C2CC2)nc2c1c(=O)[nH]c(=O)n2C1CC1. The third kappa shape index (κ3) is 4.77. The fourth-order valence-corrected chi connectivity index (χ4v) is 5.17. The summed E-state index contributed by atoms with van der Waals surface area (Å²) < 4.78 is 1.58. The van der Waals surface area contributed by atoms with Crippen molar-refractivity contribution in [1.82, 2.24) is 19.5 Å². The number of benzene rings is 1. The van der Waals surface area contributed by atoms with Crippen LogP contribution in [0.1, 0.15) is 43.5 Å². The molecule has 2 N–H and O–H groups in total. The van der Waals surface area contributed by atoms with Crippen molar-refractivity contribution in [3.63, 3.8) is 0 Å². The van der Waals surface area contributed by atoms with Gasteiger partial charge in [0.15, 0.2) is 5.65 Å². The van der Waals surface area contributed by atoms with E-state index in [9.17, 15) is 14.4 Å². The topological polar surface area (TPSA) is 110 Å². The van der Waals surface area contributed by atoms with Crippen molar-refractivity contribution in [3.05, 3.63) is 63.6 Å². The maximum Gasteiger partial charge on any atom is 0.330 e. The molecule has 170 valence electrons. The Morgan fingerprint density at radius 1 is 1.18 bits per heavy atom. The number of hydrogen-bond donors (Lipinski definition) is 2. The zero-order chi connectivity index (χ0) is 22.9. The van der Waals surface area contributed by atoms with Crippen molar-refractivity contribution in [2.75, 3.05) is 16.8 Å². The molecule has 0 atom stereocenters. The lowest BCUT2D eigenvalue weighted by molar-refractivity contribution is -0.113. The number of nitrogens with one attached hydrogen (secondary N) is 2. The number of aromatic amines is 1. The Morgan fingerprint density at radius 2 is 1.97 bits per heavy atom. The number of hydrogen-bond acceptors (Lipinski definition) is 7. The second-order valence-electron chi connectivity index (χ2n) is 8.15. The summed E-state index contributed by atoms with van der Waals surface area (Å²) in [5, 5.41) is 3.68. The number of H-pyrrole nitrogens is 1. The summed E-state index contributed by atoms with van der Waals surface area (Å²) in [6, 6.07) is 7.67. The van der Waals surface area contributed by atoms with E-state index in [2.05, 4.69) is 26.8 Å². The minimum Gasteiger partial charge on any atom is -0.324 e. The first kappa shape index (κ1) is 22.0. The second kappa shape index (κ2) is 9.18. The van der Waals surface area contributed by atoms with Gasteiger partial charge in [0.05, 0.1) is 11.4 Å². The Morgan fingerprint density at radius 3 is 2.70 bits per heavy atom. The van der Waals surface area contributed by atoms with Gasteiger partial charge in [-0.15, -0.1) is 18.3 Å². The second-order valence-corrected chi connectivity index (χ2v) is 10.2. The number of carbonyl (C=O) groups excluding carboxylic acids is 1. The molecule has 8 nitrogen and oxygen atoms in total. The first-order valence-corrected chi connectivity index (χ1v) is 12.8. The number of carbonyl (C=O) groups is 1. The minimum atomic E-state index is -0.511. The zero-order valence-corrected chi connectivity index (χ0v) is 19.5. The van der Waals surface area contributed by atoms with E-state index in [0.29, 0.717) is 16.5 Å². The molecule has 0 radical (unpaired) electrons. The van der Waals surface area contributed by atoms with Crippen LogP contribution >= 0.6 is 23.5 Å². The molecule has 0 aliphatic heterocycles. The van der Waals surface area contributed by atoms with E-state index in [1.54, 1.807) is 16.3 Å². The van der Waals surface area contributed by atoms with Crippen molar-refractivity contribution >= 4 is 46.2 Å². The van der Waals surface area contributed by atoms with E-state index in [1.807, 2.05) is 30.3 Å². The number of para-hydroxylation sites is 1. The maximum atomic E-state index is 12.8. The Bertz CT molecular complexity index is 1360. The number of nitrogens with zero attached hydrogens (tertiary/aromatic N) is 3. The third-order valence-corrected chi connectivity index (χ3v) is 7.53. The summed E-state index contributed by atoms with van der Waals surface area (Å²) in [5.74, 6) is 1.52. The molecule has 0 spiro atoms. The average molecular weight is 482 g/mol. The van der Waals surface area contributed by atoms with Crippen LogP contribution in [-0.4, -0.2) is 36.9 Å². The van der Waals surface area contributed by atoms with Gasteiger partial charge in [0.1, 0.15) is 16.2 Å². The van der Waals surface area contributed by atoms with Crippen molar-refractivity contribution in [1.29, 1.82) is 0 Å². The van der Waals surface area contributed by atoms with Crippen LogP contribution in [-0.2, 0) is 4.79 Å². The van der Waals surface area contributed by atoms with Gasteiger partial charge in [-0.05, 0) is 37.8 Å². The molecule has 2 aromatic heterocycles. The van der Waals surface area contributed by atoms with Crippen LogP contribution in [0.4, 0.5) is 5.69 Å². The number of aromatic nitrogens is 4. The molecular weight excluding hydrogens is 458 g/mol. The summed E-state index contributed by atoms with van der Waals surface area (Å²) >= 11 is 2.79. The molecule has 2 aliphatic rings.